The third-order valence-corrected chi connectivity index (χ3v) is 2.87. The molecule has 3 nitrogen and oxygen atoms in total. The van der Waals surface area contributed by atoms with Gasteiger partial charge in [0.25, 0.3) is 5.91 Å². The summed E-state index contributed by atoms with van der Waals surface area (Å²) in [6.07, 6.45) is -18.4. The smallest absolute Gasteiger partial charge is 0.441 e. The van der Waals surface area contributed by atoms with Gasteiger partial charge in [-0.3, -0.25) is 4.79 Å². The number of benzene rings is 1. The number of hydrogen-bond acceptors (Lipinski definition) is 2. The lowest BCUT2D eigenvalue weighted by atomic mass is 10.0. The van der Waals surface area contributed by atoms with Gasteiger partial charge in [0, 0.05) is 0 Å². The molecule has 1 amide bonds. The number of nitrogens with one attached hydrogen (secondary N) is 1. The number of amides is 1. The molecule has 0 aliphatic rings. The van der Waals surface area contributed by atoms with Crippen LogP contribution in [0.1, 0.15) is 5.56 Å². The van der Waals surface area contributed by atoms with Crippen molar-refractivity contribution in [3.05, 3.63) is 23.8 Å². The molecule has 0 spiro atoms. The zero-order valence-corrected chi connectivity index (χ0v) is 11.8. The second-order valence-electron chi connectivity index (χ2n) is 4.52. The van der Waals surface area contributed by atoms with E-state index in [0.717, 1.165) is 12.4 Å². The van der Waals surface area contributed by atoms with E-state index in [0.29, 0.717) is 12.1 Å². The van der Waals surface area contributed by atoms with Gasteiger partial charge in [-0.05, 0) is 18.2 Å². The molecule has 0 aliphatic carbocycles. The predicted molar refractivity (Wildman–Crippen MR) is 62.6 cm³/mol. The average molecular weight is 387 g/mol. The van der Waals surface area contributed by atoms with Crippen LogP contribution >= 0.6 is 0 Å². The fourth-order valence-corrected chi connectivity index (χ4v) is 1.61. The Morgan fingerprint density at radius 1 is 0.920 bits per heavy atom. The minimum atomic E-state index is -6.70. The Morgan fingerprint density at radius 3 is 1.76 bits per heavy atom. The number of ether oxygens (including phenoxy) is 1. The number of rotatable bonds is 3. The summed E-state index contributed by atoms with van der Waals surface area (Å²) >= 11 is 0. The number of anilines is 1. The van der Waals surface area contributed by atoms with Gasteiger partial charge in [0.1, 0.15) is 5.75 Å². The number of hydrogen-bond donors (Lipinski definition) is 1. The van der Waals surface area contributed by atoms with Crippen LogP contribution in [0.2, 0.25) is 0 Å². The van der Waals surface area contributed by atoms with E-state index in [1.807, 2.05) is 0 Å². The van der Waals surface area contributed by atoms with Crippen LogP contribution in [0, 0.1) is 0 Å². The molecule has 0 saturated heterocycles. The van der Waals surface area contributed by atoms with Crippen LogP contribution in [0.5, 0.6) is 5.75 Å². The van der Waals surface area contributed by atoms with Gasteiger partial charge in [-0.1, -0.05) is 0 Å². The molecule has 0 bridgehead atoms. The summed E-state index contributed by atoms with van der Waals surface area (Å²) < 4.78 is 130. The zero-order chi connectivity index (χ0) is 19.8. The maximum Gasteiger partial charge on any atom is 0.441 e. The van der Waals surface area contributed by atoms with Crippen LogP contribution in [0.4, 0.5) is 49.6 Å². The molecule has 25 heavy (non-hydrogen) atoms. The van der Waals surface area contributed by atoms with Crippen molar-refractivity contribution in [2.45, 2.75) is 24.2 Å². The van der Waals surface area contributed by atoms with E-state index in [1.54, 1.807) is 0 Å². The van der Waals surface area contributed by atoms with Crippen LogP contribution in [0.15, 0.2) is 18.2 Å². The van der Waals surface area contributed by atoms with Crippen molar-refractivity contribution in [3.8, 4) is 5.75 Å². The van der Waals surface area contributed by atoms with Crippen LogP contribution in [-0.4, -0.2) is 31.0 Å². The molecule has 0 aromatic heterocycles. The Balaban J connectivity index is 3.39. The fourth-order valence-electron chi connectivity index (χ4n) is 1.61. The maximum atomic E-state index is 13.5. The number of alkyl halides is 10. The van der Waals surface area contributed by atoms with Crippen molar-refractivity contribution >= 4 is 11.6 Å². The molecular formula is C12H7F10NO2. The van der Waals surface area contributed by atoms with Gasteiger partial charge in [0.15, 0.2) is 0 Å². The third kappa shape index (κ3) is 3.90. The quantitative estimate of drug-likeness (QED) is 0.777. The largest absolute Gasteiger partial charge is 0.495 e. The van der Waals surface area contributed by atoms with Crippen LogP contribution in [0.25, 0.3) is 0 Å². The Kier molecular flexibility index (Phi) is 5.22. The molecule has 0 unspecified atom stereocenters. The molecule has 142 valence electrons. The van der Waals surface area contributed by atoms with Crippen LogP contribution in [-0.2, 0) is 11.0 Å². The van der Waals surface area contributed by atoms with Gasteiger partial charge in [-0.2, -0.15) is 39.5 Å². The molecule has 13 heteroatoms. The van der Waals surface area contributed by atoms with Gasteiger partial charge in [0.2, 0.25) is 0 Å². The molecular weight excluding hydrogens is 380 g/mol. The molecule has 1 N–H and O–H groups in total. The van der Waals surface area contributed by atoms with Gasteiger partial charge in [0.05, 0.1) is 18.4 Å². The highest BCUT2D eigenvalue weighted by atomic mass is 19.4. The second kappa shape index (κ2) is 6.26. The molecule has 1 aromatic carbocycles. The van der Waals surface area contributed by atoms with E-state index >= 15 is 0 Å². The molecule has 0 atom stereocenters. The van der Waals surface area contributed by atoms with Crippen molar-refractivity contribution in [1.82, 2.24) is 0 Å². The SMILES string of the molecule is COc1ccc(C(F)(F)F)cc1NC(=O)C(F)(C(F)(F)F)C(F)(F)F. The predicted octanol–water partition coefficient (Wildman–Crippen LogP) is 4.49. The summed E-state index contributed by atoms with van der Waals surface area (Å²) in [7, 11) is 0.814. The van der Waals surface area contributed by atoms with Crippen LogP contribution < -0.4 is 10.1 Å². The van der Waals surface area contributed by atoms with Crippen molar-refractivity contribution in [3.63, 3.8) is 0 Å². The summed E-state index contributed by atoms with van der Waals surface area (Å²) in [5.41, 5.74) is -9.08. The normalized spacial score (nSPS) is 13.6. The van der Waals surface area contributed by atoms with E-state index in [1.165, 1.54) is 0 Å². The molecule has 0 aliphatic heterocycles. The van der Waals surface area contributed by atoms with E-state index in [4.69, 9.17) is 0 Å². The van der Waals surface area contributed by atoms with Crippen molar-refractivity contribution in [2.75, 3.05) is 12.4 Å². The lowest BCUT2D eigenvalue weighted by Crippen LogP contribution is -2.60. The zero-order valence-electron chi connectivity index (χ0n) is 11.8. The van der Waals surface area contributed by atoms with Gasteiger partial charge in [-0.25, -0.2) is 4.39 Å². The lowest BCUT2D eigenvalue weighted by molar-refractivity contribution is -0.324. The second-order valence-corrected chi connectivity index (χ2v) is 4.52. The third-order valence-electron chi connectivity index (χ3n) is 2.87. The first-order chi connectivity index (χ1) is 11.1. The van der Waals surface area contributed by atoms with E-state index in [-0.39, 0.29) is 6.07 Å². The van der Waals surface area contributed by atoms with Gasteiger partial charge >= 0.3 is 24.2 Å². The van der Waals surface area contributed by atoms with Crippen molar-refractivity contribution < 1.29 is 53.4 Å². The highest BCUT2D eigenvalue weighted by Crippen LogP contribution is 2.47. The summed E-state index contributed by atoms with van der Waals surface area (Å²) in [4.78, 5) is 11.3. The van der Waals surface area contributed by atoms with Crippen LogP contribution in [0.3, 0.4) is 0 Å². The Morgan fingerprint density at radius 2 is 1.40 bits per heavy atom. The van der Waals surface area contributed by atoms with E-state index in [2.05, 4.69) is 4.74 Å². The highest BCUT2D eigenvalue weighted by molar-refractivity contribution is 5.99. The lowest BCUT2D eigenvalue weighted by Gasteiger charge is -2.28. The molecule has 1 aromatic rings. The molecule has 0 radical (unpaired) electrons. The fraction of sp³-hybridized carbons (Fsp3) is 0.417. The summed E-state index contributed by atoms with van der Waals surface area (Å²) in [6.45, 7) is 0. The first-order valence-electron chi connectivity index (χ1n) is 5.94. The summed E-state index contributed by atoms with van der Waals surface area (Å²) in [6, 6.07) is 0.925. The Labute approximate surface area is 132 Å². The first kappa shape index (κ1) is 20.8. The summed E-state index contributed by atoms with van der Waals surface area (Å²) in [5.74, 6) is -3.97. The first-order valence-corrected chi connectivity index (χ1v) is 5.94. The number of carbonyl (C=O) groups excluding carboxylic acids is 1. The van der Waals surface area contributed by atoms with E-state index in [9.17, 15) is 48.7 Å². The molecule has 0 heterocycles. The summed E-state index contributed by atoms with van der Waals surface area (Å²) in [5, 5.41) is 0.849. The minimum Gasteiger partial charge on any atom is -0.495 e. The number of carbonyl (C=O) groups is 1. The van der Waals surface area contributed by atoms with Gasteiger partial charge < -0.3 is 10.1 Å². The minimum absolute atomic E-state index is 0.00387. The standard InChI is InChI=1S/C12H7F10NO2/c1-25-7-3-2-5(10(14,15)16)4-6(7)23-8(24)9(13,11(17,18)19)12(20,21)22/h2-4H,1H3,(H,23,24). The average Bonchev–Trinajstić information content (AvgIpc) is 2.42. The monoisotopic (exact) mass is 387 g/mol. The Hall–Kier alpha value is -2.21. The van der Waals surface area contributed by atoms with Gasteiger partial charge in [-0.15, -0.1) is 0 Å². The highest BCUT2D eigenvalue weighted by Gasteiger charge is 2.77. The van der Waals surface area contributed by atoms with Crippen molar-refractivity contribution in [1.29, 1.82) is 0 Å². The topological polar surface area (TPSA) is 38.3 Å². The maximum absolute atomic E-state index is 13.5. The number of methoxy groups -OCH3 is 1. The number of halogens is 10. The molecule has 1 rings (SSSR count). The van der Waals surface area contributed by atoms with E-state index < -0.39 is 47.1 Å². The molecule has 0 saturated carbocycles. The molecule has 0 fully saturated rings. The van der Waals surface area contributed by atoms with Crippen molar-refractivity contribution in [2.24, 2.45) is 0 Å². The Bertz CT molecular complexity index is 633.